The van der Waals surface area contributed by atoms with Crippen molar-refractivity contribution in [1.82, 2.24) is 18.8 Å². The molecule has 25 heavy (non-hydrogen) atoms. The number of piperidine rings is 1. The second kappa shape index (κ2) is 7.25. The molecule has 0 unspecified atom stereocenters. The van der Waals surface area contributed by atoms with E-state index in [1.54, 1.807) is 24.3 Å². The van der Waals surface area contributed by atoms with E-state index >= 15 is 0 Å². The molecule has 1 saturated heterocycles. The van der Waals surface area contributed by atoms with Gasteiger partial charge in [-0.1, -0.05) is 0 Å². The standard InChI is InChI=1S/C18H26N4O2S/c1-14(2)25(23,24)21-9-6-16(7-10-21)13-22-15(3)11-20-18(22)17-5-4-8-19-12-17/h4-5,8,11-12,14,16H,6-7,9-10,13H2,1-3H3. The van der Waals surface area contributed by atoms with Gasteiger partial charge in [-0.3, -0.25) is 4.98 Å². The molecule has 0 amide bonds. The van der Waals surface area contributed by atoms with Gasteiger partial charge in [-0.2, -0.15) is 0 Å². The highest BCUT2D eigenvalue weighted by atomic mass is 32.2. The van der Waals surface area contributed by atoms with Crippen LogP contribution >= 0.6 is 0 Å². The van der Waals surface area contributed by atoms with E-state index in [2.05, 4.69) is 21.5 Å². The molecule has 0 N–H and O–H groups in total. The Morgan fingerprint density at radius 2 is 1.96 bits per heavy atom. The van der Waals surface area contributed by atoms with Crippen LogP contribution in [0.1, 0.15) is 32.4 Å². The van der Waals surface area contributed by atoms with Crippen molar-refractivity contribution in [3.63, 3.8) is 0 Å². The minimum atomic E-state index is -3.14. The van der Waals surface area contributed by atoms with Gasteiger partial charge in [-0.15, -0.1) is 0 Å². The third-order valence-corrected chi connectivity index (χ3v) is 7.22. The molecule has 6 nitrogen and oxygen atoms in total. The maximum atomic E-state index is 12.3. The van der Waals surface area contributed by atoms with Crippen LogP contribution in [0.3, 0.4) is 0 Å². The van der Waals surface area contributed by atoms with Gasteiger partial charge in [0.2, 0.25) is 10.0 Å². The number of pyridine rings is 1. The number of imidazole rings is 1. The molecule has 3 heterocycles. The Hall–Kier alpha value is -1.73. The van der Waals surface area contributed by atoms with Gasteiger partial charge >= 0.3 is 0 Å². The van der Waals surface area contributed by atoms with E-state index in [1.165, 1.54) is 0 Å². The minimum Gasteiger partial charge on any atom is -0.328 e. The largest absolute Gasteiger partial charge is 0.328 e. The Labute approximate surface area is 150 Å². The first-order valence-corrected chi connectivity index (χ1v) is 10.3. The lowest BCUT2D eigenvalue weighted by molar-refractivity contribution is 0.251. The van der Waals surface area contributed by atoms with Crippen LogP contribution < -0.4 is 0 Å². The molecule has 1 aliphatic heterocycles. The van der Waals surface area contributed by atoms with Crippen molar-refractivity contribution >= 4 is 10.0 Å². The molecule has 0 atom stereocenters. The Balaban J connectivity index is 1.71. The van der Waals surface area contributed by atoms with Crippen molar-refractivity contribution in [3.05, 3.63) is 36.4 Å². The van der Waals surface area contributed by atoms with Crippen molar-refractivity contribution in [2.45, 2.75) is 45.4 Å². The fourth-order valence-electron chi connectivity index (χ4n) is 3.32. The number of hydrogen-bond donors (Lipinski definition) is 0. The van der Waals surface area contributed by atoms with Gasteiger partial charge in [0, 0.05) is 49.5 Å². The van der Waals surface area contributed by atoms with Crippen molar-refractivity contribution in [2.24, 2.45) is 5.92 Å². The number of aromatic nitrogens is 3. The lowest BCUT2D eigenvalue weighted by atomic mass is 9.98. The molecule has 0 radical (unpaired) electrons. The van der Waals surface area contributed by atoms with Crippen molar-refractivity contribution in [2.75, 3.05) is 13.1 Å². The first-order chi connectivity index (χ1) is 11.9. The summed E-state index contributed by atoms with van der Waals surface area (Å²) in [6, 6.07) is 3.93. The van der Waals surface area contributed by atoms with E-state index in [0.717, 1.165) is 36.5 Å². The van der Waals surface area contributed by atoms with Crippen LogP contribution in [-0.4, -0.2) is 45.6 Å². The van der Waals surface area contributed by atoms with Gasteiger partial charge in [0.25, 0.3) is 0 Å². The smallest absolute Gasteiger partial charge is 0.216 e. The Bertz CT molecular complexity index is 807. The zero-order chi connectivity index (χ0) is 18.0. The summed E-state index contributed by atoms with van der Waals surface area (Å²) in [6.07, 6.45) is 7.25. The molecular formula is C18H26N4O2S. The number of rotatable bonds is 5. The van der Waals surface area contributed by atoms with Gasteiger partial charge in [0.1, 0.15) is 5.82 Å². The van der Waals surface area contributed by atoms with Crippen LogP contribution in [0.2, 0.25) is 0 Å². The Morgan fingerprint density at radius 1 is 1.24 bits per heavy atom. The molecule has 3 rings (SSSR count). The first-order valence-electron chi connectivity index (χ1n) is 8.81. The molecule has 0 saturated carbocycles. The number of aryl methyl sites for hydroxylation is 1. The highest BCUT2D eigenvalue weighted by Gasteiger charge is 2.30. The first kappa shape index (κ1) is 18.1. The fraction of sp³-hybridized carbons (Fsp3) is 0.556. The van der Waals surface area contributed by atoms with E-state index in [4.69, 9.17) is 0 Å². The van der Waals surface area contributed by atoms with Gasteiger partial charge in [0.05, 0.1) is 5.25 Å². The Morgan fingerprint density at radius 3 is 2.56 bits per heavy atom. The van der Waals surface area contributed by atoms with Crippen LogP contribution in [0.25, 0.3) is 11.4 Å². The lowest BCUT2D eigenvalue weighted by Gasteiger charge is -2.32. The second-order valence-electron chi connectivity index (χ2n) is 7.01. The topological polar surface area (TPSA) is 68.1 Å². The monoisotopic (exact) mass is 362 g/mol. The molecule has 0 bridgehead atoms. The molecule has 136 valence electrons. The molecule has 1 aliphatic rings. The van der Waals surface area contributed by atoms with Gasteiger partial charge in [-0.25, -0.2) is 17.7 Å². The van der Waals surface area contributed by atoms with Crippen LogP contribution in [0.15, 0.2) is 30.7 Å². The molecular weight excluding hydrogens is 336 g/mol. The van der Waals surface area contributed by atoms with E-state index in [9.17, 15) is 8.42 Å². The molecule has 0 spiro atoms. The van der Waals surface area contributed by atoms with E-state index < -0.39 is 10.0 Å². The summed E-state index contributed by atoms with van der Waals surface area (Å²) in [5, 5.41) is -0.350. The molecule has 0 aromatic carbocycles. The highest BCUT2D eigenvalue weighted by Crippen LogP contribution is 2.26. The van der Waals surface area contributed by atoms with Crippen molar-refractivity contribution < 1.29 is 8.42 Å². The quantitative estimate of drug-likeness (QED) is 0.820. The Kier molecular flexibility index (Phi) is 5.24. The average Bonchev–Trinajstić information content (AvgIpc) is 2.97. The SMILES string of the molecule is Cc1cnc(-c2cccnc2)n1CC1CCN(S(=O)(=O)C(C)C)CC1. The summed E-state index contributed by atoms with van der Waals surface area (Å²) >= 11 is 0. The second-order valence-corrected chi connectivity index (χ2v) is 9.50. The molecule has 7 heteroatoms. The minimum absolute atomic E-state index is 0.350. The van der Waals surface area contributed by atoms with Crippen LogP contribution in [0, 0.1) is 12.8 Å². The van der Waals surface area contributed by atoms with E-state index in [-0.39, 0.29) is 5.25 Å². The zero-order valence-corrected chi connectivity index (χ0v) is 15.9. The maximum Gasteiger partial charge on any atom is 0.216 e. The lowest BCUT2D eigenvalue weighted by Crippen LogP contribution is -2.42. The van der Waals surface area contributed by atoms with Crippen LogP contribution in [-0.2, 0) is 16.6 Å². The zero-order valence-electron chi connectivity index (χ0n) is 15.1. The van der Waals surface area contributed by atoms with Crippen molar-refractivity contribution in [3.8, 4) is 11.4 Å². The van der Waals surface area contributed by atoms with Gasteiger partial charge < -0.3 is 4.57 Å². The summed E-state index contributed by atoms with van der Waals surface area (Å²) in [7, 11) is -3.14. The van der Waals surface area contributed by atoms with Gasteiger partial charge in [0.15, 0.2) is 0 Å². The summed E-state index contributed by atoms with van der Waals surface area (Å²) in [4.78, 5) is 8.73. The summed E-state index contributed by atoms with van der Waals surface area (Å²) in [6.45, 7) is 7.64. The summed E-state index contributed by atoms with van der Waals surface area (Å²) < 4.78 is 28.5. The van der Waals surface area contributed by atoms with Gasteiger partial charge in [-0.05, 0) is 51.7 Å². The van der Waals surface area contributed by atoms with Crippen LogP contribution in [0.5, 0.6) is 0 Å². The third-order valence-electron chi connectivity index (χ3n) is 4.94. The highest BCUT2D eigenvalue weighted by molar-refractivity contribution is 7.89. The average molecular weight is 362 g/mol. The summed E-state index contributed by atoms with van der Waals surface area (Å²) in [5.74, 6) is 1.39. The summed E-state index contributed by atoms with van der Waals surface area (Å²) in [5.41, 5.74) is 2.13. The molecule has 0 aliphatic carbocycles. The van der Waals surface area contributed by atoms with Crippen LogP contribution in [0.4, 0.5) is 0 Å². The van der Waals surface area contributed by atoms with E-state index in [1.807, 2.05) is 24.5 Å². The third kappa shape index (κ3) is 3.77. The van der Waals surface area contributed by atoms with Crippen molar-refractivity contribution in [1.29, 1.82) is 0 Å². The number of nitrogens with zero attached hydrogens (tertiary/aromatic N) is 4. The normalized spacial score (nSPS) is 17.3. The molecule has 2 aromatic heterocycles. The maximum absolute atomic E-state index is 12.3. The predicted octanol–water partition coefficient (Wildman–Crippen LogP) is 2.70. The number of sulfonamides is 1. The van der Waals surface area contributed by atoms with E-state index in [0.29, 0.717) is 19.0 Å². The molecule has 2 aromatic rings. The fourth-order valence-corrected chi connectivity index (χ4v) is 4.64. The number of hydrogen-bond acceptors (Lipinski definition) is 4. The predicted molar refractivity (Wildman–Crippen MR) is 98.5 cm³/mol. The molecule has 1 fully saturated rings.